The number of benzene rings is 1. The summed E-state index contributed by atoms with van der Waals surface area (Å²) >= 11 is 0. The molecule has 1 rings (SSSR count). The summed E-state index contributed by atoms with van der Waals surface area (Å²) in [5.74, 6) is 0.766. The Kier molecular flexibility index (Phi) is 8.43. The maximum atomic E-state index is 11.8. The third kappa shape index (κ3) is 8.42. The fraction of sp³-hybridized carbons (Fsp3) is 0.588. The number of nitrogen functional groups attached to an aromatic ring is 1. The van der Waals surface area contributed by atoms with Crippen LogP contribution in [0.2, 0.25) is 0 Å². The first-order valence-corrected chi connectivity index (χ1v) is 7.96. The zero-order chi connectivity index (χ0) is 17.2. The van der Waals surface area contributed by atoms with Gasteiger partial charge in [0.25, 0.3) is 0 Å². The fourth-order valence-corrected chi connectivity index (χ4v) is 1.99. The molecule has 0 saturated heterocycles. The van der Waals surface area contributed by atoms with E-state index in [4.69, 9.17) is 10.5 Å². The number of hydrogen-bond donors (Lipinski definition) is 2. The minimum atomic E-state index is 0.0664. The maximum Gasteiger partial charge on any atom is 0.220 e. The van der Waals surface area contributed by atoms with E-state index in [2.05, 4.69) is 10.2 Å². The minimum absolute atomic E-state index is 0.0664. The molecule has 0 radical (unpaired) electrons. The lowest BCUT2D eigenvalue weighted by Crippen LogP contribution is -2.31. The van der Waals surface area contributed by atoms with E-state index in [1.165, 1.54) is 0 Å². The Balaban J connectivity index is 2.37. The van der Waals surface area contributed by atoms with Gasteiger partial charge in [0, 0.05) is 26.1 Å². The van der Waals surface area contributed by atoms with Crippen LogP contribution >= 0.6 is 0 Å². The first kappa shape index (κ1) is 19.3. The molecule has 0 atom stereocenters. The van der Waals surface area contributed by atoms with E-state index in [1.807, 2.05) is 51.3 Å². The zero-order valence-electron chi connectivity index (χ0n) is 14.8. The van der Waals surface area contributed by atoms with Crippen molar-refractivity contribution in [3.05, 3.63) is 23.8 Å². The molecule has 0 saturated carbocycles. The van der Waals surface area contributed by atoms with Crippen LogP contribution in [0.3, 0.4) is 0 Å². The fourth-order valence-electron chi connectivity index (χ4n) is 1.99. The Morgan fingerprint density at radius 3 is 2.48 bits per heavy atom. The van der Waals surface area contributed by atoms with Crippen molar-refractivity contribution in [1.82, 2.24) is 15.1 Å². The molecule has 0 aliphatic carbocycles. The van der Waals surface area contributed by atoms with E-state index in [1.54, 1.807) is 0 Å². The first-order chi connectivity index (χ1) is 10.9. The predicted octanol–water partition coefficient (Wildman–Crippen LogP) is 0.820. The Bertz CT molecular complexity index is 489. The van der Waals surface area contributed by atoms with Crippen LogP contribution in [0.25, 0.3) is 0 Å². The quantitative estimate of drug-likeness (QED) is 0.624. The van der Waals surface area contributed by atoms with Gasteiger partial charge in [0.1, 0.15) is 12.4 Å². The number of nitrogens with one attached hydrogen (secondary N) is 1. The molecule has 3 N–H and O–H groups in total. The van der Waals surface area contributed by atoms with Gasteiger partial charge in [-0.3, -0.25) is 4.79 Å². The lowest BCUT2D eigenvalue weighted by molar-refractivity contribution is -0.121. The van der Waals surface area contributed by atoms with E-state index in [-0.39, 0.29) is 5.91 Å². The van der Waals surface area contributed by atoms with Gasteiger partial charge in [0.15, 0.2) is 0 Å². The molecule has 0 heterocycles. The number of likely N-dealkylation sites (N-methyl/N-ethyl adjacent to an activating group) is 2. The average molecular weight is 322 g/mol. The van der Waals surface area contributed by atoms with Gasteiger partial charge in [0.2, 0.25) is 5.91 Å². The lowest BCUT2D eigenvalue weighted by Gasteiger charge is -2.13. The third-order valence-electron chi connectivity index (χ3n) is 3.39. The summed E-state index contributed by atoms with van der Waals surface area (Å²) in [5, 5.41) is 2.91. The monoisotopic (exact) mass is 322 g/mol. The lowest BCUT2D eigenvalue weighted by atomic mass is 10.1. The molecule has 0 bridgehead atoms. The number of nitrogens with two attached hydrogens (primary N) is 1. The number of ether oxygens (including phenoxy) is 1. The number of hydrogen-bond acceptors (Lipinski definition) is 5. The summed E-state index contributed by atoms with van der Waals surface area (Å²) in [7, 11) is 7.97. The van der Waals surface area contributed by atoms with Crippen LogP contribution in [-0.4, -0.2) is 70.1 Å². The van der Waals surface area contributed by atoms with Crippen molar-refractivity contribution in [2.75, 3.05) is 60.2 Å². The van der Waals surface area contributed by atoms with Crippen LogP contribution < -0.4 is 15.8 Å². The molecule has 0 spiro atoms. The van der Waals surface area contributed by atoms with E-state index in [0.717, 1.165) is 18.7 Å². The van der Waals surface area contributed by atoms with E-state index in [0.29, 0.717) is 37.4 Å². The average Bonchev–Trinajstić information content (AvgIpc) is 2.46. The van der Waals surface area contributed by atoms with E-state index >= 15 is 0 Å². The van der Waals surface area contributed by atoms with Crippen LogP contribution in [0.15, 0.2) is 18.2 Å². The molecule has 23 heavy (non-hydrogen) atoms. The van der Waals surface area contributed by atoms with Crippen LogP contribution in [0, 0.1) is 0 Å². The molecule has 6 heteroatoms. The molecular weight excluding hydrogens is 292 g/mol. The van der Waals surface area contributed by atoms with E-state index < -0.39 is 0 Å². The summed E-state index contributed by atoms with van der Waals surface area (Å²) in [5.41, 5.74) is 7.68. The van der Waals surface area contributed by atoms with Gasteiger partial charge in [-0.2, -0.15) is 0 Å². The standard InChI is InChI=1S/C17H30N4O2/c1-20(2)10-9-19-17(22)8-6-14-5-7-16(15(18)13-14)23-12-11-21(3)4/h5,7,13H,6,8-12,18H2,1-4H3,(H,19,22). The highest BCUT2D eigenvalue weighted by molar-refractivity contribution is 5.76. The molecule has 1 aromatic carbocycles. The Labute approximate surface area is 139 Å². The second kappa shape index (κ2) is 10.1. The van der Waals surface area contributed by atoms with Gasteiger partial charge in [0.05, 0.1) is 5.69 Å². The van der Waals surface area contributed by atoms with Crippen LogP contribution in [0.5, 0.6) is 5.75 Å². The van der Waals surface area contributed by atoms with Crippen molar-refractivity contribution < 1.29 is 9.53 Å². The molecule has 0 aliphatic heterocycles. The summed E-state index contributed by atoms with van der Waals surface area (Å²) in [6.45, 7) is 2.96. The molecular formula is C17H30N4O2. The number of anilines is 1. The predicted molar refractivity (Wildman–Crippen MR) is 94.8 cm³/mol. The van der Waals surface area contributed by atoms with Crippen LogP contribution in [0.1, 0.15) is 12.0 Å². The molecule has 1 aromatic rings. The maximum absolute atomic E-state index is 11.8. The number of rotatable bonds is 10. The summed E-state index contributed by atoms with van der Waals surface area (Å²) in [4.78, 5) is 15.9. The van der Waals surface area contributed by atoms with Gasteiger partial charge in [-0.05, 0) is 52.3 Å². The van der Waals surface area contributed by atoms with Crippen molar-refractivity contribution in [2.24, 2.45) is 0 Å². The first-order valence-electron chi connectivity index (χ1n) is 7.96. The van der Waals surface area contributed by atoms with Gasteiger partial charge in [-0.15, -0.1) is 0 Å². The third-order valence-corrected chi connectivity index (χ3v) is 3.39. The van der Waals surface area contributed by atoms with Gasteiger partial charge >= 0.3 is 0 Å². The van der Waals surface area contributed by atoms with Gasteiger partial charge in [-0.25, -0.2) is 0 Å². The smallest absolute Gasteiger partial charge is 0.220 e. The minimum Gasteiger partial charge on any atom is -0.490 e. The number of aryl methyl sites for hydroxylation is 1. The summed E-state index contributed by atoms with van der Waals surface area (Å²) in [6.07, 6.45) is 1.14. The zero-order valence-corrected chi connectivity index (χ0v) is 14.8. The second-order valence-electron chi connectivity index (χ2n) is 6.18. The number of carbonyl (C=O) groups is 1. The van der Waals surface area contributed by atoms with Crippen molar-refractivity contribution in [2.45, 2.75) is 12.8 Å². The highest BCUT2D eigenvalue weighted by Crippen LogP contribution is 2.23. The summed E-state index contributed by atoms with van der Waals surface area (Å²) in [6, 6.07) is 5.73. The summed E-state index contributed by atoms with van der Waals surface area (Å²) < 4.78 is 5.65. The number of nitrogens with zero attached hydrogens (tertiary/aromatic N) is 2. The van der Waals surface area contributed by atoms with Gasteiger partial charge in [-0.1, -0.05) is 6.07 Å². The molecule has 0 unspecified atom stereocenters. The van der Waals surface area contributed by atoms with Crippen LogP contribution in [0.4, 0.5) is 5.69 Å². The SMILES string of the molecule is CN(C)CCNC(=O)CCc1ccc(OCCN(C)C)c(N)c1. The normalized spacial score (nSPS) is 11.0. The topological polar surface area (TPSA) is 70.8 Å². The molecule has 0 aromatic heterocycles. The van der Waals surface area contributed by atoms with Crippen molar-refractivity contribution in [1.29, 1.82) is 0 Å². The molecule has 0 fully saturated rings. The number of amides is 1. The van der Waals surface area contributed by atoms with Gasteiger partial charge < -0.3 is 25.6 Å². The Hall–Kier alpha value is -1.79. The Morgan fingerprint density at radius 1 is 1.17 bits per heavy atom. The second-order valence-corrected chi connectivity index (χ2v) is 6.18. The molecule has 0 aliphatic rings. The van der Waals surface area contributed by atoms with Crippen LogP contribution in [-0.2, 0) is 11.2 Å². The highest BCUT2D eigenvalue weighted by Gasteiger charge is 2.06. The Morgan fingerprint density at radius 2 is 1.87 bits per heavy atom. The number of carbonyl (C=O) groups excluding carboxylic acids is 1. The largest absolute Gasteiger partial charge is 0.490 e. The molecule has 130 valence electrons. The van der Waals surface area contributed by atoms with E-state index in [9.17, 15) is 4.79 Å². The van der Waals surface area contributed by atoms with Crippen molar-refractivity contribution >= 4 is 11.6 Å². The molecule has 1 amide bonds. The van der Waals surface area contributed by atoms with Crippen molar-refractivity contribution in [3.8, 4) is 5.75 Å². The highest BCUT2D eigenvalue weighted by atomic mass is 16.5. The molecule has 6 nitrogen and oxygen atoms in total. The van der Waals surface area contributed by atoms with Crippen molar-refractivity contribution in [3.63, 3.8) is 0 Å².